The summed E-state index contributed by atoms with van der Waals surface area (Å²) in [5, 5.41) is 6.50. The molecule has 1 aromatic rings. The molecular formula is C24H31N3O2. The Morgan fingerprint density at radius 2 is 2.03 bits per heavy atom. The molecule has 4 rings (SSSR count). The maximum absolute atomic E-state index is 12.9. The first-order valence-electron chi connectivity index (χ1n) is 10.7. The molecule has 1 fully saturated rings. The largest absolute Gasteiger partial charge is 0.329 e. The normalized spacial score (nSPS) is 26.8. The summed E-state index contributed by atoms with van der Waals surface area (Å²) in [6.07, 6.45) is 9.09. The summed E-state index contributed by atoms with van der Waals surface area (Å²) < 4.78 is 0. The Bertz CT molecular complexity index is 858. The number of allylic oxidation sites excluding steroid dienone is 2. The molecule has 2 heterocycles. The van der Waals surface area contributed by atoms with Gasteiger partial charge >= 0.3 is 0 Å². The van der Waals surface area contributed by atoms with Crippen LogP contribution in [0.2, 0.25) is 0 Å². The minimum atomic E-state index is -0.396. The fourth-order valence-corrected chi connectivity index (χ4v) is 4.87. The number of nitrogens with one attached hydrogen (secondary N) is 2. The van der Waals surface area contributed by atoms with Crippen molar-refractivity contribution in [3.05, 3.63) is 59.3 Å². The van der Waals surface area contributed by atoms with Crippen molar-refractivity contribution >= 4 is 11.8 Å². The molecule has 0 bridgehead atoms. The molecular weight excluding hydrogens is 362 g/mol. The van der Waals surface area contributed by atoms with Gasteiger partial charge in [0, 0.05) is 29.9 Å². The second-order valence-corrected chi connectivity index (χ2v) is 8.91. The van der Waals surface area contributed by atoms with E-state index in [0.29, 0.717) is 31.0 Å². The highest BCUT2D eigenvalue weighted by Gasteiger charge is 2.38. The molecule has 0 saturated carbocycles. The van der Waals surface area contributed by atoms with Crippen LogP contribution in [0, 0.1) is 5.92 Å². The first kappa shape index (κ1) is 19.9. The van der Waals surface area contributed by atoms with Crippen LogP contribution in [0.5, 0.6) is 0 Å². The minimum Gasteiger partial charge on any atom is -0.329 e. The Kier molecular flexibility index (Phi) is 5.59. The Morgan fingerprint density at radius 1 is 1.24 bits per heavy atom. The third-order valence-electron chi connectivity index (χ3n) is 6.31. The lowest BCUT2D eigenvalue weighted by Gasteiger charge is -2.31. The molecule has 5 nitrogen and oxygen atoms in total. The van der Waals surface area contributed by atoms with Crippen LogP contribution in [0.3, 0.4) is 0 Å². The lowest BCUT2D eigenvalue weighted by molar-refractivity contribution is -0.126. The van der Waals surface area contributed by atoms with E-state index < -0.39 is 6.04 Å². The van der Waals surface area contributed by atoms with E-state index in [4.69, 9.17) is 0 Å². The summed E-state index contributed by atoms with van der Waals surface area (Å²) in [4.78, 5) is 27.0. The quantitative estimate of drug-likeness (QED) is 0.755. The van der Waals surface area contributed by atoms with Gasteiger partial charge in [-0.05, 0) is 55.2 Å². The Labute approximate surface area is 173 Å². The summed E-state index contributed by atoms with van der Waals surface area (Å²) in [5.74, 6) is 0.419. The van der Waals surface area contributed by atoms with Crippen LogP contribution in [0.15, 0.2) is 42.6 Å². The average Bonchev–Trinajstić information content (AvgIpc) is 2.99. The summed E-state index contributed by atoms with van der Waals surface area (Å²) in [6, 6.07) is 6.79. The van der Waals surface area contributed by atoms with Crippen LogP contribution < -0.4 is 10.6 Å². The molecule has 3 aliphatic rings. The molecule has 3 atom stereocenters. The topological polar surface area (TPSA) is 61.4 Å². The van der Waals surface area contributed by atoms with Gasteiger partial charge in [0.1, 0.15) is 6.04 Å². The Balaban J connectivity index is 1.48. The van der Waals surface area contributed by atoms with Gasteiger partial charge < -0.3 is 15.5 Å². The van der Waals surface area contributed by atoms with E-state index in [9.17, 15) is 9.59 Å². The Morgan fingerprint density at radius 3 is 2.79 bits per heavy atom. The molecule has 2 N–H and O–H groups in total. The molecule has 2 amide bonds. The van der Waals surface area contributed by atoms with Crippen molar-refractivity contribution < 1.29 is 9.59 Å². The first-order valence-corrected chi connectivity index (χ1v) is 10.7. The summed E-state index contributed by atoms with van der Waals surface area (Å²) in [7, 11) is 0. The number of carbonyl (C=O) groups excluding carboxylic acids is 2. The van der Waals surface area contributed by atoms with Crippen LogP contribution in [-0.4, -0.2) is 34.8 Å². The van der Waals surface area contributed by atoms with Crippen molar-refractivity contribution in [1.29, 1.82) is 0 Å². The van der Waals surface area contributed by atoms with Crippen molar-refractivity contribution in [1.82, 2.24) is 15.5 Å². The second-order valence-electron chi connectivity index (χ2n) is 8.91. The second kappa shape index (κ2) is 8.15. The van der Waals surface area contributed by atoms with Crippen LogP contribution in [0.1, 0.15) is 61.0 Å². The van der Waals surface area contributed by atoms with Gasteiger partial charge in [-0.25, -0.2) is 0 Å². The van der Waals surface area contributed by atoms with E-state index in [-0.39, 0.29) is 11.8 Å². The van der Waals surface area contributed by atoms with Crippen LogP contribution >= 0.6 is 0 Å². The third-order valence-corrected chi connectivity index (χ3v) is 6.31. The maximum atomic E-state index is 12.9. The fraction of sp³-hybridized carbons (Fsp3) is 0.500. The molecule has 0 spiro atoms. The number of piperidine rings is 1. The highest BCUT2D eigenvalue weighted by molar-refractivity contribution is 6.01. The number of hydrogen-bond donors (Lipinski definition) is 2. The third kappa shape index (κ3) is 4.15. The predicted octanol–water partition coefficient (Wildman–Crippen LogP) is 3.31. The fourth-order valence-electron chi connectivity index (χ4n) is 4.87. The Hall–Kier alpha value is -2.40. The van der Waals surface area contributed by atoms with E-state index >= 15 is 0 Å². The first-order chi connectivity index (χ1) is 13.9. The smallest absolute Gasteiger partial charge is 0.255 e. The predicted molar refractivity (Wildman–Crippen MR) is 114 cm³/mol. The average molecular weight is 394 g/mol. The van der Waals surface area contributed by atoms with Crippen LogP contribution in [0.4, 0.5) is 0 Å². The number of benzene rings is 1. The highest BCUT2D eigenvalue weighted by atomic mass is 16.2. The number of amides is 2. The van der Waals surface area contributed by atoms with Crippen molar-refractivity contribution in [2.75, 3.05) is 0 Å². The minimum absolute atomic E-state index is 0.0286. The van der Waals surface area contributed by atoms with Crippen molar-refractivity contribution in [3.8, 4) is 0 Å². The molecule has 0 aromatic heterocycles. The van der Waals surface area contributed by atoms with E-state index in [1.165, 1.54) is 5.56 Å². The van der Waals surface area contributed by atoms with Crippen LogP contribution in [-0.2, 0) is 17.8 Å². The monoisotopic (exact) mass is 393 g/mol. The molecule has 1 aromatic carbocycles. The number of rotatable bonds is 5. The summed E-state index contributed by atoms with van der Waals surface area (Å²) in [5.41, 5.74) is 3.80. The molecule has 0 radical (unpaired) electrons. The summed E-state index contributed by atoms with van der Waals surface area (Å²) in [6.45, 7) is 8.74. The molecule has 5 heteroatoms. The molecule has 29 heavy (non-hydrogen) atoms. The maximum Gasteiger partial charge on any atom is 0.255 e. The van der Waals surface area contributed by atoms with Crippen molar-refractivity contribution in [2.45, 2.75) is 70.6 Å². The number of nitrogens with zero attached hydrogens (tertiary/aromatic N) is 1. The van der Waals surface area contributed by atoms with Gasteiger partial charge in [-0.2, -0.15) is 0 Å². The molecule has 1 unspecified atom stereocenters. The summed E-state index contributed by atoms with van der Waals surface area (Å²) >= 11 is 0. The van der Waals surface area contributed by atoms with E-state index in [0.717, 1.165) is 42.5 Å². The van der Waals surface area contributed by atoms with E-state index in [1.54, 1.807) is 4.90 Å². The van der Waals surface area contributed by atoms with Gasteiger partial charge in [-0.3, -0.25) is 9.59 Å². The van der Waals surface area contributed by atoms with E-state index in [1.807, 2.05) is 6.07 Å². The van der Waals surface area contributed by atoms with Gasteiger partial charge in [0.2, 0.25) is 5.91 Å². The van der Waals surface area contributed by atoms with Crippen molar-refractivity contribution in [2.24, 2.45) is 5.92 Å². The molecule has 1 aliphatic carbocycles. The standard InChI is InChI=1S/C24H31N3O2/c1-15(2)25-21-7-5-4-6-18(21)12-17-9-10-20-19(13-17)14-27(24(20)29)22-11-8-16(3)26-23(22)28/h4-5,9-10,13,15,18,21-22,25H,3,6-8,11-12,14H2,1-2H3,(H,26,28)/t18-,21+,22?/m1/s1. The van der Waals surface area contributed by atoms with Crippen LogP contribution in [0.25, 0.3) is 0 Å². The SMILES string of the molecule is C=C1CCC(N2Cc3cc(C[C@H]4CC=CC[C@@H]4NC(C)C)ccc3C2=O)C(=O)N1. The number of carbonyl (C=O) groups is 2. The zero-order chi connectivity index (χ0) is 20.5. The van der Waals surface area contributed by atoms with Gasteiger partial charge in [-0.15, -0.1) is 0 Å². The lowest BCUT2D eigenvalue weighted by atomic mass is 9.83. The molecule has 154 valence electrons. The number of hydrogen-bond acceptors (Lipinski definition) is 3. The van der Waals surface area contributed by atoms with Gasteiger partial charge in [0.05, 0.1) is 0 Å². The lowest BCUT2D eigenvalue weighted by Crippen LogP contribution is -2.49. The van der Waals surface area contributed by atoms with Crippen molar-refractivity contribution in [3.63, 3.8) is 0 Å². The number of fused-ring (bicyclic) bond motifs is 1. The highest BCUT2D eigenvalue weighted by Crippen LogP contribution is 2.31. The van der Waals surface area contributed by atoms with Gasteiger partial charge in [-0.1, -0.05) is 44.7 Å². The molecule has 2 aliphatic heterocycles. The van der Waals surface area contributed by atoms with E-state index in [2.05, 4.69) is 55.3 Å². The van der Waals surface area contributed by atoms with Gasteiger partial charge in [0.15, 0.2) is 0 Å². The zero-order valence-corrected chi connectivity index (χ0v) is 17.4. The zero-order valence-electron chi connectivity index (χ0n) is 17.4. The van der Waals surface area contributed by atoms with Gasteiger partial charge in [0.25, 0.3) is 5.91 Å². The molecule has 1 saturated heterocycles.